The van der Waals surface area contributed by atoms with Crippen molar-refractivity contribution in [3.05, 3.63) is 42.8 Å². The zero-order valence-corrected chi connectivity index (χ0v) is 21.2. The van der Waals surface area contributed by atoms with Crippen LogP contribution in [0.1, 0.15) is 43.2 Å². The Morgan fingerprint density at radius 2 is 1.56 bits per heavy atom. The van der Waals surface area contributed by atoms with E-state index >= 15 is 0 Å². The summed E-state index contributed by atoms with van der Waals surface area (Å²) in [6.07, 6.45) is 6.58. The molecule has 132 valence electrons. The van der Waals surface area contributed by atoms with Crippen molar-refractivity contribution in [2.75, 3.05) is 7.11 Å². The number of rotatable bonds is 2. The van der Waals surface area contributed by atoms with Crippen molar-refractivity contribution < 1.29 is 79.9 Å². The van der Waals surface area contributed by atoms with Gasteiger partial charge in [-0.15, -0.1) is 0 Å². The summed E-state index contributed by atoms with van der Waals surface area (Å²) < 4.78 is 6.05. The van der Waals surface area contributed by atoms with Gasteiger partial charge in [-0.2, -0.15) is 4.89 Å². The zero-order chi connectivity index (χ0) is 14.9. The standard InChI is InChI=1S/C19H24O3.CH3.2Y/c1-12-4-3-5-15(6-12)19(20-2)18(21-22-19)16-8-13-7-14(10-16)11-17(18)9-13;;;/h3-6,13-14,16-17H,7-11H2,1-2H3;1H3;;/q;-1;;. The van der Waals surface area contributed by atoms with E-state index in [0.29, 0.717) is 11.8 Å². The van der Waals surface area contributed by atoms with E-state index in [2.05, 4.69) is 31.2 Å². The number of hydrogen-bond donors (Lipinski definition) is 0. The summed E-state index contributed by atoms with van der Waals surface area (Å²) in [4.78, 5) is 11.7. The molecule has 5 aliphatic rings. The van der Waals surface area contributed by atoms with Crippen molar-refractivity contribution in [1.29, 1.82) is 0 Å². The Labute approximate surface area is 202 Å². The van der Waals surface area contributed by atoms with Crippen LogP contribution in [0.2, 0.25) is 0 Å². The molecule has 3 nitrogen and oxygen atoms in total. The van der Waals surface area contributed by atoms with Gasteiger partial charge >= 0.3 is 0 Å². The van der Waals surface area contributed by atoms with Crippen LogP contribution in [-0.2, 0) is 85.7 Å². The molecule has 1 aromatic rings. The Morgan fingerprint density at radius 3 is 2.00 bits per heavy atom. The predicted molar refractivity (Wildman–Crippen MR) is 88.2 cm³/mol. The Kier molecular flexibility index (Phi) is 7.21. The van der Waals surface area contributed by atoms with Crippen LogP contribution in [0.3, 0.4) is 0 Å². The molecular formula is C20H27O3Y2-. The molecule has 6 rings (SSSR count). The van der Waals surface area contributed by atoms with Gasteiger partial charge in [-0.05, 0) is 62.7 Å². The van der Waals surface area contributed by atoms with Crippen LogP contribution in [0.5, 0.6) is 0 Å². The van der Waals surface area contributed by atoms with Gasteiger partial charge in [0.2, 0.25) is 0 Å². The van der Waals surface area contributed by atoms with E-state index in [9.17, 15) is 0 Å². The van der Waals surface area contributed by atoms with Crippen LogP contribution in [0, 0.1) is 38.0 Å². The summed E-state index contributed by atoms with van der Waals surface area (Å²) in [5.74, 6) is 2.27. The normalized spacial score (nSPS) is 42.8. The molecule has 5 heteroatoms. The molecule has 4 saturated carbocycles. The Morgan fingerprint density at radius 1 is 0.960 bits per heavy atom. The SMILES string of the molecule is COC1(c2cccc(C)c2)OOC12C1CC3CC(C1)CC2C3.[CH3-].[Y].[Y]. The van der Waals surface area contributed by atoms with Gasteiger partial charge in [0.15, 0.2) is 5.60 Å². The summed E-state index contributed by atoms with van der Waals surface area (Å²) in [6.45, 7) is 2.12. The molecular weight excluding hydrogens is 466 g/mol. The monoisotopic (exact) mass is 493 g/mol. The molecule has 1 saturated heterocycles. The smallest absolute Gasteiger partial charge is 0.260 e. The maximum absolute atomic E-state index is 6.05. The second kappa shape index (κ2) is 7.97. The molecule has 0 amide bonds. The van der Waals surface area contributed by atoms with Crippen molar-refractivity contribution in [2.24, 2.45) is 23.7 Å². The summed E-state index contributed by atoms with van der Waals surface area (Å²) in [5.41, 5.74) is 2.10. The third-order valence-corrected chi connectivity index (χ3v) is 6.85. The fraction of sp³-hybridized carbons (Fsp3) is 0.650. The maximum Gasteiger partial charge on any atom is 0.260 e. The Balaban J connectivity index is 0.000000751. The molecule has 4 bridgehead atoms. The zero-order valence-electron chi connectivity index (χ0n) is 15.5. The van der Waals surface area contributed by atoms with Gasteiger partial charge in [-0.25, -0.2) is 4.89 Å². The molecule has 1 heterocycles. The molecule has 5 fully saturated rings. The first kappa shape index (κ1) is 22.6. The molecule has 1 aliphatic heterocycles. The third-order valence-electron chi connectivity index (χ3n) is 6.85. The van der Waals surface area contributed by atoms with E-state index in [1.54, 1.807) is 7.11 Å². The van der Waals surface area contributed by atoms with Gasteiger partial charge in [-0.3, -0.25) is 0 Å². The minimum atomic E-state index is -0.707. The number of hydrogen-bond acceptors (Lipinski definition) is 3. The summed E-state index contributed by atoms with van der Waals surface area (Å²) >= 11 is 0. The largest absolute Gasteiger partial charge is 0.358 e. The van der Waals surface area contributed by atoms with Gasteiger partial charge in [0.25, 0.3) is 5.79 Å². The first-order valence-corrected chi connectivity index (χ1v) is 8.67. The van der Waals surface area contributed by atoms with Crippen molar-refractivity contribution in [3.63, 3.8) is 0 Å². The minimum Gasteiger partial charge on any atom is -0.358 e. The van der Waals surface area contributed by atoms with E-state index in [0.717, 1.165) is 17.4 Å². The van der Waals surface area contributed by atoms with Gasteiger partial charge < -0.3 is 12.2 Å². The molecule has 4 aliphatic carbocycles. The molecule has 0 N–H and O–H groups in total. The van der Waals surface area contributed by atoms with Crippen LogP contribution in [0.25, 0.3) is 0 Å². The summed E-state index contributed by atoms with van der Waals surface area (Å²) in [6, 6.07) is 8.54. The fourth-order valence-corrected chi connectivity index (χ4v) is 6.21. The van der Waals surface area contributed by atoms with E-state index < -0.39 is 5.79 Å². The average Bonchev–Trinajstić information content (AvgIpc) is 2.46. The number of methoxy groups -OCH3 is 1. The predicted octanol–water partition coefficient (Wildman–Crippen LogP) is 4.40. The number of aryl methyl sites for hydroxylation is 1. The second-order valence-corrected chi connectivity index (χ2v) is 7.95. The van der Waals surface area contributed by atoms with E-state index in [4.69, 9.17) is 14.5 Å². The van der Waals surface area contributed by atoms with Crippen molar-refractivity contribution >= 4 is 0 Å². The van der Waals surface area contributed by atoms with Crippen LogP contribution >= 0.6 is 0 Å². The van der Waals surface area contributed by atoms with Crippen molar-refractivity contribution in [2.45, 2.75) is 50.4 Å². The van der Waals surface area contributed by atoms with Crippen LogP contribution < -0.4 is 0 Å². The first-order valence-electron chi connectivity index (χ1n) is 8.67. The van der Waals surface area contributed by atoms with Crippen LogP contribution in [0.15, 0.2) is 24.3 Å². The molecule has 2 radical (unpaired) electrons. The topological polar surface area (TPSA) is 27.7 Å². The Bertz CT molecular complexity index is 589. The number of ether oxygens (including phenoxy) is 1. The first-order chi connectivity index (χ1) is 10.7. The van der Waals surface area contributed by atoms with Crippen LogP contribution in [0.4, 0.5) is 0 Å². The maximum atomic E-state index is 6.05. The van der Waals surface area contributed by atoms with E-state index in [1.165, 1.54) is 37.7 Å². The van der Waals surface area contributed by atoms with Gasteiger partial charge in [-0.1, -0.05) is 29.8 Å². The van der Waals surface area contributed by atoms with Crippen LogP contribution in [-0.4, -0.2) is 12.7 Å². The second-order valence-electron chi connectivity index (χ2n) is 7.95. The van der Waals surface area contributed by atoms with Crippen molar-refractivity contribution in [3.8, 4) is 0 Å². The number of benzene rings is 1. The molecule has 0 aromatic heterocycles. The third kappa shape index (κ3) is 2.95. The molecule has 1 aromatic carbocycles. The van der Waals surface area contributed by atoms with Gasteiger partial charge in [0, 0.05) is 78.1 Å². The molecule has 25 heavy (non-hydrogen) atoms. The minimum absolute atomic E-state index is 0. The average molecular weight is 493 g/mol. The summed E-state index contributed by atoms with van der Waals surface area (Å²) in [7, 11) is 1.78. The Hall–Kier alpha value is 1.31. The molecule has 1 atom stereocenters. The van der Waals surface area contributed by atoms with E-state index in [1.807, 2.05) is 0 Å². The fourth-order valence-electron chi connectivity index (χ4n) is 6.21. The molecule has 1 spiro atoms. The van der Waals surface area contributed by atoms with Gasteiger partial charge in [0.1, 0.15) is 0 Å². The summed E-state index contributed by atoms with van der Waals surface area (Å²) in [5, 5.41) is 0. The van der Waals surface area contributed by atoms with Gasteiger partial charge in [0.05, 0.1) is 0 Å². The van der Waals surface area contributed by atoms with Crippen molar-refractivity contribution in [1.82, 2.24) is 0 Å². The molecule has 1 unspecified atom stereocenters. The quantitative estimate of drug-likeness (QED) is 0.452. The van der Waals surface area contributed by atoms with E-state index in [-0.39, 0.29) is 78.4 Å².